The van der Waals surface area contributed by atoms with Crippen molar-refractivity contribution in [1.29, 1.82) is 0 Å². The molecule has 0 radical (unpaired) electrons. The van der Waals surface area contributed by atoms with Gasteiger partial charge in [-0.3, -0.25) is 0 Å². The summed E-state index contributed by atoms with van der Waals surface area (Å²) in [5.74, 6) is 0. The molecule has 0 aliphatic rings. The van der Waals surface area contributed by atoms with Crippen LogP contribution in [0.3, 0.4) is 0 Å². The molecule has 0 spiro atoms. The molecule has 0 fully saturated rings. The van der Waals surface area contributed by atoms with Crippen LogP contribution in [-0.2, 0) is 21.7 Å². The van der Waals surface area contributed by atoms with E-state index in [0.29, 0.717) is 0 Å². The molecule has 0 N–H and O–H groups in total. The average molecular weight is 258 g/mol. The molecule has 1 aromatic carbocycles. The first-order chi connectivity index (χ1) is 7.50. The van der Waals surface area contributed by atoms with E-state index in [1.54, 1.807) is 34.6 Å². The standard InChI is InChI=1S/C5H5.5C2H5.Ti/c1-2-4-5-3-1;5*1-2;/h1-5H;5*1H2,2H3;/q6*-1;. The molecule has 0 aliphatic heterocycles. The maximum Gasteiger partial charge on any atom is 0 e. The molecular weight excluding hydrogens is 228 g/mol. The van der Waals surface area contributed by atoms with Crippen molar-refractivity contribution in [3.63, 3.8) is 0 Å². The third kappa shape index (κ3) is 93.6. The number of hydrogen-bond acceptors (Lipinski definition) is 0. The van der Waals surface area contributed by atoms with Crippen molar-refractivity contribution in [3.8, 4) is 0 Å². The summed E-state index contributed by atoms with van der Waals surface area (Å²) in [7, 11) is 0. The van der Waals surface area contributed by atoms with Gasteiger partial charge in [0.05, 0.1) is 0 Å². The van der Waals surface area contributed by atoms with Crippen molar-refractivity contribution in [2.75, 3.05) is 0 Å². The number of rotatable bonds is 0. The zero-order valence-electron chi connectivity index (χ0n) is 11.9. The van der Waals surface area contributed by atoms with Crippen LogP contribution >= 0.6 is 0 Å². The molecular formula is C15H30Ti-6. The molecule has 0 saturated carbocycles. The third-order valence-corrected chi connectivity index (χ3v) is 0.556. The first kappa shape index (κ1) is 36.0. The zero-order valence-corrected chi connectivity index (χ0v) is 13.5. The molecule has 0 aliphatic carbocycles. The van der Waals surface area contributed by atoms with E-state index in [0.717, 1.165) is 0 Å². The molecule has 0 atom stereocenters. The Labute approximate surface area is 121 Å². The number of hydrogen-bond donors (Lipinski definition) is 0. The van der Waals surface area contributed by atoms with Gasteiger partial charge >= 0.3 is 0 Å². The van der Waals surface area contributed by atoms with E-state index in [4.69, 9.17) is 0 Å². The molecule has 0 bridgehead atoms. The van der Waals surface area contributed by atoms with E-state index >= 15 is 0 Å². The SMILES string of the molecule is [CH2-]C.[CH2-]C.[CH2-]C.[CH2-]C.[CH2-]C.[Ti].c1cc[cH-]c1. The Hall–Kier alpha value is 0.0643. The molecule has 0 saturated heterocycles. The van der Waals surface area contributed by atoms with Gasteiger partial charge in [0.2, 0.25) is 0 Å². The monoisotopic (exact) mass is 258 g/mol. The second-order valence-electron chi connectivity index (χ2n) is 0.962. The van der Waals surface area contributed by atoms with E-state index < -0.39 is 0 Å². The van der Waals surface area contributed by atoms with Gasteiger partial charge < -0.3 is 34.6 Å². The van der Waals surface area contributed by atoms with Gasteiger partial charge in [-0.25, -0.2) is 12.1 Å². The molecule has 1 heteroatoms. The molecule has 100 valence electrons. The quantitative estimate of drug-likeness (QED) is 0.419. The Kier molecular flexibility index (Phi) is 261. The minimum absolute atomic E-state index is 0. The molecule has 0 nitrogen and oxygen atoms in total. The summed E-state index contributed by atoms with van der Waals surface area (Å²) in [5.41, 5.74) is 0. The van der Waals surface area contributed by atoms with Gasteiger partial charge in [0.1, 0.15) is 0 Å². The minimum atomic E-state index is 0. The van der Waals surface area contributed by atoms with E-state index in [2.05, 4.69) is 34.6 Å². The summed E-state index contributed by atoms with van der Waals surface area (Å²) < 4.78 is 0. The van der Waals surface area contributed by atoms with Crippen LogP contribution in [0.4, 0.5) is 0 Å². The third-order valence-electron chi connectivity index (χ3n) is 0.556. The summed E-state index contributed by atoms with van der Waals surface area (Å²) in [6.45, 7) is 25.0. The van der Waals surface area contributed by atoms with Crippen molar-refractivity contribution < 1.29 is 21.7 Å². The van der Waals surface area contributed by atoms with Crippen LogP contribution in [0.2, 0.25) is 0 Å². The van der Waals surface area contributed by atoms with Crippen LogP contribution in [0.1, 0.15) is 34.6 Å². The predicted molar refractivity (Wildman–Crippen MR) is 77.2 cm³/mol. The van der Waals surface area contributed by atoms with Crippen LogP contribution in [0.25, 0.3) is 0 Å². The van der Waals surface area contributed by atoms with Gasteiger partial charge in [-0.15, -0.1) is 0 Å². The van der Waals surface area contributed by atoms with E-state index in [1.165, 1.54) is 0 Å². The van der Waals surface area contributed by atoms with E-state index in [9.17, 15) is 0 Å². The van der Waals surface area contributed by atoms with Crippen molar-refractivity contribution in [3.05, 3.63) is 65.0 Å². The summed E-state index contributed by atoms with van der Waals surface area (Å²) in [6, 6.07) is 10.0. The summed E-state index contributed by atoms with van der Waals surface area (Å²) >= 11 is 0. The zero-order chi connectivity index (χ0) is 13.5. The fourth-order valence-corrected chi connectivity index (χ4v) is 0.321. The van der Waals surface area contributed by atoms with Gasteiger partial charge in [0.25, 0.3) is 0 Å². The van der Waals surface area contributed by atoms with Gasteiger partial charge in [0.15, 0.2) is 0 Å². The fourth-order valence-electron chi connectivity index (χ4n) is 0.321. The largest absolute Gasteiger partial charge is 0.346 e. The summed E-state index contributed by atoms with van der Waals surface area (Å²) in [6.07, 6.45) is 0. The Morgan fingerprint density at radius 2 is 0.750 bits per heavy atom. The fraction of sp³-hybridized carbons (Fsp3) is 0.333. The molecule has 0 heterocycles. The first-order valence-corrected chi connectivity index (χ1v) is 5.20. The normalized spacial score (nSPS) is 4.38. The summed E-state index contributed by atoms with van der Waals surface area (Å²) in [4.78, 5) is 0. The maximum atomic E-state index is 3.25. The van der Waals surface area contributed by atoms with Gasteiger partial charge in [-0.2, -0.15) is 52.8 Å². The Morgan fingerprint density at radius 1 is 0.562 bits per heavy atom. The average Bonchev–Trinajstić information content (AvgIpc) is 3.00. The predicted octanol–water partition coefficient (Wildman–Crippen LogP) is 5.60. The molecule has 0 amide bonds. The smallest absolute Gasteiger partial charge is 0 e. The van der Waals surface area contributed by atoms with Gasteiger partial charge in [-0.1, -0.05) is 0 Å². The Balaban J connectivity index is -0.0000000203. The van der Waals surface area contributed by atoms with E-state index in [-0.39, 0.29) is 21.7 Å². The second-order valence-corrected chi connectivity index (χ2v) is 0.962. The van der Waals surface area contributed by atoms with E-state index in [1.807, 2.05) is 30.3 Å². The van der Waals surface area contributed by atoms with Crippen LogP contribution in [0, 0.1) is 34.6 Å². The maximum absolute atomic E-state index is 3.25. The van der Waals surface area contributed by atoms with Crippen LogP contribution in [0.5, 0.6) is 0 Å². The van der Waals surface area contributed by atoms with Crippen LogP contribution in [0.15, 0.2) is 30.3 Å². The molecule has 16 heavy (non-hydrogen) atoms. The van der Waals surface area contributed by atoms with Crippen LogP contribution in [-0.4, -0.2) is 0 Å². The molecule has 1 rings (SSSR count). The van der Waals surface area contributed by atoms with Crippen molar-refractivity contribution in [2.24, 2.45) is 0 Å². The Morgan fingerprint density at radius 3 is 0.812 bits per heavy atom. The Bertz CT molecular complexity index is 61.9. The molecule has 0 aromatic heterocycles. The van der Waals surface area contributed by atoms with Gasteiger partial charge in [0, 0.05) is 21.7 Å². The minimum Gasteiger partial charge on any atom is -0.346 e. The molecule has 1 aromatic rings. The molecule has 0 unspecified atom stereocenters. The summed E-state index contributed by atoms with van der Waals surface area (Å²) in [5, 5.41) is 0. The topological polar surface area (TPSA) is 0 Å². The van der Waals surface area contributed by atoms with Crippen molar-refractivity contribution in [2.45, 2.75) is 34.6 Å². The van der Waals surface area contributed by atoms with Crippen molar-refractivity contribution in [1.82, 2.24) is 0 Å². The van der Waals surface area contributed by atoms with Crippen molar-refractivity contribution >= 4 is 0 Å². The van der Waals surface area contributed by atoms with Crippen LogP contribution < -0.4 is 0 Å². The second kappa shape index (κ2) is 116. The van der Waals surface area contributed by atoms with Gasteiger partial charge in [-0.05, 0) is 0 Å². The first-order valence-electron chi connectivity index (χ1n) is 5.20.